The largest absolute Gasteiger partial charge is 0.497 e. The molecule has 4 nitrogen and oxygen atoms in total. The molecule has 0 aliphatic rings. The Kier molecular flexibility index (Phi) is 5.09. The molecule has 0 radical (unpaired) electrons. The van der Waals surface area contributed by atoms with Crippen LogP contribution in [0.25, 0.3) is 0 Å². The quantitative estimate of drug-likeness (QED) is 0.895. The summed E-state index contributed by atoms with van der Waals surface area (Å²) in [5.74, 6) is 2.17. The van der Waals surface area contributed by atoms with Gasteiger partial charge in [-0.1, -0.05) is 22.0 Å². The second kappa shape index (κ2) is 6.83. The van der Waals surface area contributed by atoms with Gasteiger partial charge in [0.25, 0.3) is 0 Å². The second-order valence-electron chi connectivity index (χ2n) is 4.47. The van der Waals surface area contributed by atoms with E-state index in [4.69, 9.17) is 19.9 Å². The highest BCUT2D eigenvalue weighted by atomic mass is 79.9. The third-order valence-corrected chi connectivity index (χ3v) is 3.80. The summed E-state index contributed by atoms with van der Waals surface area (Å²) in [4.78, 5) is 0. The van der Waals surface area contributed by atoms with Crippen LogP contribution in [0.1, 0.15) is 17.2 Å². The number of nitrogens with two attached hydrogens (primary N) is 1. The molecule has 2 aromatic carbocycles. The Morgan fingerprint density at radius 3 is 2.19 bits per heavy atom. The minimum atomic E-state index is -0.377. The maximum Gasteiger partial charge on any atom is 0.125 e. The molecular formula is C16H18BrNO3. The number of halogens is 1. The molecule has 0 saturated carbocycles. The summed E-state index contributed by atoms with van der Waals surface area (Å²) >= 11 is 3.43. The van der Waals surface area contributed by atoms with E-state index in [9.17, 15) is 0 Å². The lowest BCUT2D eigenvalue weighted by atomic mass is 9.97. The van der Waals surface area contributed by atoms with Crippen molar-refractivity contribution in [3.05, 3.63) is 52.0 Å². The summed E-state index contributed by atoms with van der Waals surface area (Å²) in [6.07, 6.45) is 0. The van der Waals surface area contributed by atoms with Crippen LogP contribution in [-0.2, 0) is 0 Å². The molecule has 0 aliphatic heterocycles. The van der Waals surface area contributed by atoms with Gasteiger partial charge in [0.2, 0.25) is 0 Å². The normalized spacial score (nSPS) is 11.9. The molecule has 0 saturated heterocycles. The van der Waals surface area contributed by atoms with Crippen LogP contribution in [0.4, 0.5) is 0 Å². The van der Waals surface area contributed by atoms with Crippen molar-refractivity contribution in [1.82, 2.24) is 0 Å². The highest BCUT2D eigenvalue weighted by molar-refractivity contribution is 9.10. The summed E-state index contributed by atoms with van der Waals surface area (Å²) in [6, 6.07) is 11.0. The van der Waals surface area contributed by atoms with Crippen LogP contribution in [-0.4, -0.2) is 21.3 Å². The minimum absolute atomic E-state index is 0.377. The highest BCUT2D eigenvalue weighted by Gasteiger charge is 2.19. The molecule has 0 aliphatic carbocycles. The number of ether oxygens (including phenoxy) is 3. The molecule has 2 N–H and O–H groups in total. The Bertz CT molecular complexity index is 631. The molecular weight excluding hydrogens is 334 g/mol. The van der Waals surface area contributed by atoms with Crippen molar-refractivity contribution in [3.63, 3.8) is 0 Å². The van der Waals surface area contributed by atoms with Gasteiger partial charge in [-0.25, -0.2) is 0 Å². The van der Waals surface area contributed by atoms with Crippen LogP contribution in [0.2, 0.25) is 0 Å². The molecule has 5 heteroatoms. The van der Waals surface area contributed by atoms with Crippen molar-refractivity contribution in [2.75, 3.05) is 21.3 Å². The molecule has 2 rings (SSSR count). The lowest BCUT2D eigenvalue weighted by Crippen LogP contribution is -2.14. The maximum absolute atomic E-state index is 6.41. The van der Waals surface area contributed by atoms with Gasteiger partial charge in [-0.05, 0) is 30.3 Å². The first kappa shape index (κ1) is 15.7. The summed E-state index contributed by atoms with van der Waals surface area (Å²) < 4.78 is 17.0. The summed E-state index contributed by atoms with van der Waals surface area (Å²) in [5.41, 5.74) is 8.14. The molecule has 21 heavy (non-hydrogen) atoms. The van der Waals surface area contributed by atoms with Crippen LogP contribution in [0.3, 0.4) is 0 Å². The average Bonchev–Trinajstić information content (AvgIpc) is 2.53. The van der Waals surface area contributed by atoms with Crippen molar-refractivity contribution in [3.8, 4) is 17.2 Å². The zero-order valence-electron chi connectivity index (χ0n) is 12.2. The molecule has 2 aromatic rings. The first-order valence-electron chi connectivity index (χ1n) is 6.41. The number of benzene rings is 2. The van der Waals surface area contributed by atoms with Gasteiger partial charge < -0.3 is 19.9 Å². The van der Waals surface area contributed by atoms with E-state index in [1.165, 1.54) is 0 Å². The van der Waals surface area contributed by atoms with Crippen molar-refractivity contribution < 1.29 is 14.2 Å². The topological polar surface area (TPSA) is 53.7 Å². The number of methoxy groups -OCH3 is 3. The minimum Gasteiger partial charge on any atom is -0.497 e. The monoisotopic (exact) mass is 351 g/mol. The fourth-order valence-electron chi connectivity index (χ4n) is 2.19. The van der Waals surface area contributed by atoms with Crippen molar-refractivity contribution in [1.29, 1.82) is 0 Å². The second-order valence-corrected chi connectivity index (χ2v) is 5.39. The van der Waals surface area contributed by atoms with Gasteiger partial charge in [-0.15, -0.1) is 0 Å². The molecule has 0 fully saturated rings. The SMILES string of the molecule is COc1ccc(OC)c(C(N)c2ccc(Br)cc2OC)c1. The summed E-state index contributed by atoms with van der Waals surface area (Å²) in [7, 11) is 4.87. The van der Waals surface area contributed by atoms with E-state index in [-0.39, 0.29) is 6.04 Å². The van der Waals surface area contributed by atoms with Crippen molar-refractivity contribution >= 4 is 15.9 Å². The zero-order valence-corrected chi connectivity index (χ0v) is 13.8. The van der Waals surface area contributed by atoms with Gasteiger partial charge in [0, 0.05) is 15.6 Å². The molecule has 112 valence electrons. The average molecular weight is 352 g/mol. The van der Waals surface area contributed by atoms with Crippen LogP contribution >= 0.6 is 15.9 Å². The van der Waals surface area contributed by atoms with Crippen molar-refractivity contribution in [2.24, 2.45) is 5.73 Å². The van der Waals surface area contributed by atoms with E-state index in [0.717, 1.165) is 27.1 Å². The van der Waals surface area contributed by atoms with Crippen LogP contribution in [0.15, 0.2) is 40.9 Å². The Balaban J connectivity index is 2.50. The molecule has 0 bridgehead atoms. The van der Waals surface area contributed by atoms with Crippen molar-refractivity contribution in [2.45, 2.75) is 6.04 Å². The third kappa shape index (κ3) is 3.31. The lowest BCUT2D eigenvalue weighted by Gasteiger charge is -2.19. The van der Waals surface area contributed by atoms with Gasteiger partial charge >= 0.3 is 0 Å². The van der Waals surface area contributed by atoms with Gasteiger partial charge in [0.1, 0.15) is 17.2 Å². The van der Waals surface area contributed by atoms with Gasteiger partial charge in [0.15, 0.2) is 0 Å². The molecule has 1 unspecified atom stereocenters. The van der Waals surface area contributed by atoms with Crippen LogP contribution in [0, 0.1) is 0 Å². The van der Waals surface area contributed by atoms with E-state index in [1.807, 2.05) is 36.4 Å². The fourth-order valence-corrected chi connectivity index (χ4v) is 2.53. The maximum atomic E-state index is 6.41. The lowest BCUT2D eigenvalue weighted by molar-refractivity contribution is 0.393. The molecule has 0 spiro atoms. The highest BCUT2D eigenvalue weighted by Crippen LogP contribution is 2.36. The van der Waals surface area contributed by atoms with E-state index in [1.54, 1.807) is 21.3 Å². The van der Waals surface area contributed by atoms with Gasteiger partial charge in [-0.3, -0.25) is 0 Å². The first-order valence-corrected chi connectivity index (χ1v) is 7.21. The third-order valence-electron chi connectivity index (χ3n) is 3.30. The molecule has 0 aromatic heterocycles. The molecule has 0 heterocycles. The van der Waals surface area contributed by atoms with Crippen LogP contribution in [0.5, 0.6) is 17.2 Å². The van der Waals surface area contributed by atoms with Gasteiger partial charge in [-0.2, -0.15) is 0 Å². The molecule has 1 atom stereocenters. The molecule has 0 amide bonds. The zero-order chi connectivity index (χ0) is 15.4. The summed E-state index contributed by atoms with van der Waals surface area (Å²) in [6.45, 7) is 0. The Labute approximate surface area is 132 Å². The number of hydrogen-bond acceptors (Lipinski definition) is 4. The Hall–Kier alpha value is -1.72. The summed E-state index contributed by atoms with van der Waals surface area (Å²) in [5, 5.41) is 0. The Morgan fingerprint density at radius 1 is 0.857 bits per heavy atom. The van der Waals surface area contributed by atoms with E-state index in [0.29, 0.717) is 5.75 Å². The number of rotatable bonds is 5. The van der Waals surface area contributed by atoms with E-state index >= 15 is 0 Å². The predicted molar refractivity (Wildman–Crippen MR) is 86.3 cm³/mol. The van der Waals surface area contributed by atoms with E-state index < -0.39 is 0 Å². The smallest absolute Gasteiger partial charge is 0.125 e. The predicted octanol–water partition coefficient (Wildman–Crippen LogP) is 3.52. The Morgan fingerprint density at radius 2 is 1.57 bits per heavy atom. The van der Waals surface area contributed by atoms with Crippen LogP contribution < -0.4 is 19.9 Å². The number of hydrogen-bond donors (Lipinski definition) is 1. The van der Waals surface area contributed by atoms with E-state index in [2.05, 4.69) is 15.9 Å². The van der Waals surface area contributed by atoms with Gasteiger partial charge in [0.05, 0.1) is 27.4 Å². The standard InChI is InChI=1S/C16H18BrNO3/c1-19-11-5-7-14(20-2)13(9-11)16(18)12-6-4-10(17)8-15(12)21-3/h4-9,16H,18H2,1-3H3. The first-order chi connectivity index (χ1) is 10.1. The fraction of sp³-hybridized carbons (Fsp3) is 0.250.